The van der Waals surface area contributed by atoms with Crippen LogP contribution in [0.1, 0.15) is 0 Å². The van der Waals surface area contributed by atoms with Crippen molar-refractivity contribution in [1.29, 1.82) is 0 Å². The minimum absolute atomic E-state index is 0.00343. The molecular formula is C9H4FIO2. The standard InChI is InChI=1S/C9H4FIO2/c10-9-7(11)8(12)5-3-1-2-4-6(5)13-9/h1-4H. The van der Waals surface area contributed by atoms with Crippen molar-refractivity contribution in [3.05, 3.63) is 44.1 Å². The molecule has 1 aromatic heterocycles. The van der Waals surface area contributed by atoms with Crippen LogP contribution in [0.5, 0.6) is 0 Å². The van der Waals surface area contributed by atoms with Crippen molar-refractivity contribution in [3.63, 3.8) is 0 Å². The molecule has 0 amide bonds. The van der Waals surface area contributed by atoms with E-state index in [1.54, 1.807) is 46.9 Å². The normalized spacial score (nSPS) is 10.6. The molecular weight excluding hydrogens is 286 g/mol. The fourth-order valence-corrected chi connectivity index (χ4v) is 1.49. The van der Waals surface area contributed by atoms with Gasteiger partial charge in [-0.2, -0.15) is 4.39 Å². The number of fused-ring (bicyclic) bond motifs is 1. The third-order valence-corrected chi connectivity index (χ3v) is 2.62. The topological polar surface area (TPSA) is 30.2 Å². The monoisotopic (exact) mass is 290 g/mol. The van der Waals surface area contributed by atoms with Crippen molar-refractivity contribution in [2.45, 2.75) is 0 Å². The van der Waals surface area contributed by atoms with Gasteiger partial charge in [-0.25, -0.2) is 0 Å². The average molecular weight is 290 g/mol. The molecule has 0 aliphatic heterocycles. The van der Waals surface area contributed by atoms with E-state index in [4.69, 9.17) is 4.42 Å². The zero-order chi connectivity index (χ0) is 9.42. The van der Waals surface area contributed by atoms with E-state index in [-0.39, 0.29) is 14.6 Å². The first-order chi connectivity index (χ1) is 6.20. The molecule has 0 unspecified atom stereocenters. The molecule has 0 aliphatic carbocycles. The molecule has 0 radical (unpaired) electrons. The van der Waals surface area contributed by atoms with Gasteiger partial charge in [-0.1, -0.05) is 12.1 Å². The van der Waals surface area contributed by atoms with Gasteiger partial charge in [-0.05, 0) is 34.7 Å². The summed E-state index contributed by atoms with van der Waals surface area (Å²) in [7, 11) is 0. The van der Waals surface area contributed by atoms with Crippen molar-refractivity contribution < 1.29 is 8.81 Å². The van der Waals surface area contributed by atoms with Crippen LogP contribution in [0, 0.1) is 9.58 Å². The largest absolute Gasteiger partial charge is 0.430 e. The Balaban J connectivity index is 3.03. The number of hydrogen-bond donors (Lipinski definition) is 0. The van der Waals surface area contributed by atoms with Gasteiger partial charge in [-0.3, -0.25) is 4.79 Å². The quantitative estimate of drug-likeness (QED) is 0.698. The van der Waals surface area contributed by atoms with E-state index in [0.717, 1.165) is 0 Å². The number of halogens is 2. The maximum Gasteiger partial charge on any atom is 0.295 e. The molecule has 0 spiro atoms. The molecule has 66 valence electrons. The van der Waals surface area contributed by atoms with Crippen molar-refractivity contribution in [3.8, 4) is 0 Å². The van der Waals surface area contributed by atoms with Gasteiger partial charge in [0, 0.05) is 0 Å². The van der Waals surface area contributed by atoms with Gasteiger partial charge in [0.2, 0.25) is 5.43 Å². The highest BCUT2D eigenvalue weighted by atomic mass is 127. The van der Waals surface area contributed by atoms with Crippen molar-refractivity contribution >= 4 is 33.6 Å². The van der Waals surface area contributed by atoms with Crippen LogP contribution in [-0.2, 0) is 0 Å². The second-order valence-corrected chi connectivity index (χ2v) is 3.59. The van der Waals surface area contributed by atoms with Crippen LogP contribution in [0.3, 0.4) is 0 Å². The lowest BCUT2D eigenvalue weighted by Gasteiger charge is -1.97. The molecule has 2 nitrogen and oxygen atoms in total. The highest BCUT2D eigenvalue weighted by molar-refractivity contribution is 14.1. The van der Waals surface area contributed by atoms with Gasteiger partial charge in [-0.15, -0.1) is 0 Å². The maximum atomic E-state index is 12.9. The molecule has 4 heteroatoms. The molecule has 0 saturated carbocycles. The van der Waals surface area contributed by atoms with Crippen LogP contribution in [-0.4, -0.2) is 0 Å². The van der Waals surface area contributed by atoms with E-state index >= 15 is 0 Å². The summed E-state index contributed by atoms with van der Waals surface area (Å²) in [5, 5.41) is 0.410. The zero-order valence-electron chi connectivity index (χ0n) is 6.38. The van der Waals surface area contributed by atoms with E-state index in [9.17, 15) is 9.18 Å². The average Bonchev–Trinajstić information content (AvgIpc) is 2.15. The van der Waals surface area contributed by atoms with E-state index in [1.807, 2.05) is 0 Å². The fraction of sp³-hybridized carbons (Fsp3) is 0. The Kier molecular flexibility index (Phi) is 2.07. The molecule has 0 aliphatic rings. The van der Waals surface area contributed by atoms with Crippen LogP contribution >= 0.6 is 22.6 Å². The Morgan fingerprint density at radius 1 is 1.31 bits per heavy atom. The Morgan fingerprint density at radius 2 is 2.00 bits per heavy atom. The van der Waals surface area contributed by atoms with E-state index in [0.29, 0.717) is 5.39 Å². The number of rotatable bonds is 0. The number of benzene rings is 1. The molecule has 0 saturated heterocycles. The van der Waals surface area contributed by atoms with Gasteiger partial charge in [0.25, 0.3) is 6.01 Å². The Bertz CT molecular complexity index is 518. The van der Waals surface area contributed by atoms with E-state index in [2.05, 4.69) is 0 Å². The van der Waals surface area contributed by atoms with Crippen LogP contribution in [0.4, 0.5) is 4.39 Å². The summed E-state index contributed by atoms with van der Waals surface area (Å²) in [6.07, 6.45) is 0. The summed E-state index contributed by atoms with van der Waals surface area (Å²) in [6, 6.07) is 5.77. The van der Waals surface area contributed by atoms with Gasteiger partial charge in [0.05, 0.1) is 5.39 Å². The smallest absolute Gasteiger partial charge is 0.295 e. The second kappa shape index (κ2) is 3.10. The van der Waals surface area contributed by atoms with E-state index < -0.39 is 6.01 Å². The molecule has 2 rings (SSSR count). The Hall–Kier alpha value is -0.910. The molecule has 0 fully saturated rings. The number of hydrogen-bond acceptors (Lipinski definition) is 2. The summed E-state index contributed by atoms with van der Waals surface area (Å²) >= 11 is 1.64. The summed E-state index contributed by atoms with van der Waals surface area (Å²) in [5.41, 5.74) is -0.0367. The van der Waals surface area contributed by atoms with Gasteiger partial charge < -0.3 is 4.42 Å². The van der Waals surface area contributed by atoms with Crippen LogP contribution in [0.15, 0.2) is 33.5 Å². The van der Waals surface area contributed by atoms with Gasteiger partial charge >= 0.3 is 0 Å². The summed E-state index contributed by atoms with van der Waals surface area (Å²) < 4.78 is 17.7. The summed E-state index contributed by atoms with van der Waals surface area (Å²) in [4.78, 5) is 11.4. The van der Waals surface area contributed by atoms with Crippen molar-refractivity contribution in [2.24, 2.45) is 0 Å². The van der Waals surface area contributed by atoms with Gasteiger partial charge in [0.15, 0.2) is 0 Å². The molecule has 1 heterocycles. The Morgan fingerprint density at radius 3 is 2.77 bits per heavy atom. The van der Waals surface area contributed by atoms with Crippen molar-refractivity contribution in [2.75, 3.05) is 0 Å². The lowest BCUT2D eigenvalue weighted by atomic mass is 10.2. The maximum absolute atomic E-state index is 12.9. The molecule has 2 aromatic rings. The first-order valence-electron chi connectivity index (χ1n) is 3.57. The predicted octanol–water partition coefficient (Wildman–Crippen LogP) is 2.54. The minimum atomic E-state index is -0.815. The van der Waals surface area contributed by atoms with Crippen LogP contribution < -0.4 is 5.43 Å². The van der Waals surface area contributed by atoms with Crippen LogP contribution in [0.25, 0.3) is 11.0 Å². The minimum Gasteiger partial charge on any atom is -0.430 e. The summed E-state index contributed by atoms with van der Waals surface area (Å²) in [6.45, 7) is 0. The molecule has 0 N–H and O–H groups in total. The molecule has 13 heavy (non-hydrogen) atoms. The number of para-hydroxylation sites is 1. The molecule has 0 atom stereocenters. The Labute approximate surface area is 86.5 Å². The lowest BCUT2D eigenvalue weighted by Crippen LogP contribution is -2.07. The third kappa shape index (κ3) is 1.35. The van der Waals surface area contributed by atoms with Crippen molar-refractivity contribution in [1.82, 2.24) is 0 Å². The lowest BCUT2D eigenvalue weighted by molar-refractivity contribution is 0.364. The first-order valence-corrected chi connectivity index (χ1v) is 4.65. The highest BCUT2D eigenvalue weighted by Crippen LogP contribution is 2.14. The third-order valence-electron chi connectivity index (χ3n) is 1.70. The van der Waals surface area contributed by atoms with Gasteiger partial charge in [0.1, 0.15) is 9.15 Å². The highest BCUT2D eigenvalue weighted by Gasteiger charge is 2.09. The SMILES string of the molecule is O=c1c(I)c(F)oc2ccccc12. The summed E-state index contributed by atoms with van der Waals surface area (Å²) in [5.74, 6) is 0. The predicted molar refractivity (Wildman–Crippen MR) is 55.2 cm³/mol. The van der Waals surface area contributed by atoms with E-state index in [1.165, 1.54) is 0 Å². The van der Waals surface area contributed by atoms with Crippen LogP contribution in [0.2, 0.25) is 0 Å². The fourth-order valence-electron chi connectivity index (χ4n) is 1.09. The molecule has 0 bridgehead atoms. The zero-order valence-corrected chi connectivity index (χ0v) is 8.54. The first kappa shape index (κ1) is 8.68. The molecule has 1 aromatic carbocycles. The second-order valence-electron chi connectivity index (χ2n) is 2.52.